The number of carbonyl (C=O) groups is 1. The van der Waals surface area contributed by atoms with Crippen molar-refractivity contribution in [3.8, 4) is 11.5 Å². The van der Waals surface area contributed by atoms with Gasteiger partial charge >= 0.3 is 19.5 Å². The first-order chi connectivity index (χ1) is 15.4. The SMILES string of the molecule is CCOC(=O)C(C)=NOP(=O)(CC)c1cc(Oc2ccc(C(F)(F)F)cc2Cl)ccc1NO. The van der Waals surface area contributed by atoms with E-state index < -0.39 is 25.1 Å². The van der Waals surface area contributed by atoms with Gasteiger partial charge in [-0.25, -0.2) is 4.79 Å². The van der Waals surface area contributed by atoms with Crippen LogP contribution in [0.1, 0.15) is 26.3 Å². The molecule has 0 radical (unpaired) electrons. The highest BCUT2D eigenvalue weighted by atomic mass is 35.5. The Labute approximate surface area is 192 Å². The van der Waals surface area contributed by atoms with Crippen LogP contribution in [-0.2, 0) is 24.9 Å². The average molecular weight is 509 g/mol. The minimum Gasteiger partial charge on any atom is -0.461 e. The summed E-state index contributed by atoms with van der Waals surface area (Å²) in [4.78, 5) is 11.7. The van der Waals surface area contributed by atoms with Crippen molar-refractivity contribution in [1.29, 1.82) is 0 Å². The molecule has 0 amide bonds. The summed E-state index contributed by atoms with van der Waals surface area (Å²) in [6.07, 6.45) is -4.65. The molecule has 0 heterocycles. The fraction of sp³-hybridized carbons (Fsp3) is 0.300. The lowest BCUT2D eigenvalue weighted by Gasteiger charge is -2.19. The van der Waals surface area contributed by atoms with Crippen molar-refractivity contribution in [3.63, 3.8) is 0 Å². The molecular formula is C20H21ClF3N2O6P. The molecule has 0 saturated carbocycles. The second-order valence-corrected chi connectivity index (χ2v) is 9.54. The Morgan fingerprint density at radius 1 is 1.21 bits per heavy atom. The number of alkyl halides is 3. The van der Waals surface area contributed by atoms with Crippen molar-refractivity contribution in [1.82, 2.24) is 0 Å². The van der Waals surface area contributed by atoms with Gasteiger partial charge in [-0.2, -0.15) is 13.2 Å². The van der Waals surface area contributed by atoms with Gasteiger partial charge in [0, 0.05) is 6.16 Å². The Kier molecular flexibility index (Phi) is 8.76. The fourth-order valence-electron chi connectivity index (χ4n) is 2.51. The minimum absolute atomic E-state index is 0.00929. The normalized spacial score (nSPS) is 13.8. The Morgan fingerprint density at radius 3 is 2.45 bits per heavy atom. The van der Waals surface area contributed by atoms with E-state index in [9.17, 15) is 27.7 Å². The Morgan fingerprint density at radius 2 is 1.91 bits per heavy atom. The number of hydrogen-bond donors (Lipinski definition) is 2. The first-order valence-corrected chi connectivity index (χ1v) is 11.7. The van der Waals surface area contributed by atoms with Crippen LogP contribution in [0.3, 0.4) is 0 Å². The number of esters is 1. The predicted molar refractivity (Wildman–Crippen MR) is 117 cm³/mol. The highest BCUT2D eigenvalue weighted by Gasteiger charge is 2.32. The van der Waals surface area contributed by atoms with Gasteiger partial charge in [0.15, 0.2) is 5.71 Å². The van der Waals surface area contributed by atoms with E-state index in [1.807, 2.05) is 5.48 Å². The zero-order valence-electron chi connectivity index (χ0n) is 17.8. The molecule has 0 saturated heterocycles. The molecule has 0 aromatic heterocycles. The zero-order chi connectivity index (χ0) is 24.8. The molecule has 2 N–H and O–H groups in total. The molecule has 0 aliphatic carbocycles. The summed E-state index contributed by atoms with van der Waals surface area (Å²) in [6.45, 7) is 4.57. The van der Waals surface area contributed by atoms with Crippen LogP contribution in [0.2, 0.25) is 5.02 Å². The third kappa shape index (κ3) is 6.63. The topological polar surface area (TPSA) is 106 Å². The van der Waals surface area contributed by atoms with Crippen LogP contribution in [0, 0.1) is 0 Å². The second kappa shape index (κ2) is 10.9. The standard InChI is InChI=1S/C20H21ClF3N2O6P/c1-4-30-19(27)12(3)26-32-33(29,5-2)18-11-14(7-8-16(18)25-28)31-17-9-6-13(10-15(17)21)20(22,23)24/h6-11,25,28H,4-5H2,1-3H3. The number of rotatable bonds is 9. The fourth-order valence-corrected chi connectivity index (χ4v) is 4.34. The van der Waals surface area contributed by atoms with Crippen molar-refractivity contribution in [3.05, 3.63) is 47.0 Å². The maximum atomic E-state index is 13.4. The smallest absolute Gasteiger partial charge is 0.416 e. The van der Waals surface area contributed by atoms with Crippen molar-refractivity contribution in [2.75, 3.05) is 18.2 Å². The highest BCUT2D eigenvalue weighted by Crippen LogP contribution is 2.48. The number of benzene rings is 2. The van der Waals surface area contributed by atoms with Crippen LogP contribution in [0.4, 0.5) is 18.9 Å². The largest absolute Gasteiger partial charge is 0.461 e. The van der Waals surface area contributed by atoms with Crippen molar-refractivity contribution >= 4 is 41.6 Å². The third-order valence-corrected chi connectivity index (χ3v) is 6.82. The number of anilines is 1. The van der Waals surface area contributed by atoms with Gasteiger partial charge in [-0.3, -0.25) is 15.3 Å². The molecule has 0 fully saturated rings. The number of nitrogens with one attached hydrogen (secondary N) is 1. The number of oxime groups is 1. The highest BCUT2D eigenvalue weighted by molar-refractivity contribution is 7.67. The molecule has 2 aromatic rings. The molecular weight excluding hydrogens is 488 g/mol. The number of ether oxygens (including phenoxy) is 2. The van der Waals surface area contributed by atoms with E-state index in [1.54, 1.807) is 6.92 Å². The van der Waals surface area contributed by atoms with Crippen LogP contribution in [-0.4, -0.2) is 29.7 Å². The molecule has 0 aliphatic rings. The number of carbonyl (C=O) groups excluding carboxylic acids is 1. The van der Waals surface area contributed by atoms with E-state index >= 15 is 0 Å². The van der Waals surface area contributed by atoms with Gasteiger partial charge in [-0.15, -0.1) is 0 Å². The van der Waals surface area contributed by atoms with E-state index in [1.165, 1.54) is 32.0 Å². The molecule has 0 bridgehead atoms. The van der Waals surface area contributed by atoms with Gasteiger partial charge in [0.2, 0.25) is 0 Å². The third-order valence-electron chi connectivity index (χ3n) is 4.24. The van der Waals surface area contributed by atoms with Gasteiger partial charge < -0.3 is 14.1 Å². The summed E-state index contributed by atoms with van der Waals surface area (Å²) in [6, 6.07) is 6.50. The molecule has 13 heteroatoms. The van der Waals surface area contributed by atoms with E-state index in [2.05, 4.69) is 5.16 Å². The lowest BCUT2D eigenvalue weighted by atomic mass is 10.2. The lowest BCUT2D eigenvalue weighted by Crippen LogP contribution is -2.17. The molecule has 2 aromatic carbocycles. The second-order valence-electron chi connectivity index (χ2n) is 6.50. The van der Waals surface area contributed by atoms with E-state index in [4.69, 9.17) is 25.7 Å². The molecule has 180 valence electrons. The predicted octanol–water partition coefficient (Wildman–Crippen LogP) is 5.83. The number of hydrogen-bond acceptors (Lipinski definition) is 8. The Balaban J connectivity index is 2.39. The Bertz CT molecular complexity index is 1090. The molecule has 1 unspecified atom stereocenters. The first kappa shape index (κ1) is 26.5. The molecule has 0 aliphatic heterocycles. The minimum atomic E-state index is -4.57. The number of halogens is 4. The quantitative estimate of drug-likeness (QED) is 0.190. The lowest BCUT2D eigenvalue weighted by molar-refractivity contribution is -0.137. The number of nitrogens with zero attached hydrogens (tertiary/aromatic N) is 1. The van der Waals surface area contributed by atoms with Gasteiger partial charge in [0.25, 0.3) is 0 Å². The zero-order valence-corrected chi connectivity index (χ0v) is 19.4. The molecule has 0 spiro atoms. The van der Waals surface area contributed by atoms with Gasteiger partial charge in [0.1, 0.15) is 11.5 Å². The monoisotopic (exact) mass is 508 g/mol. The molecule has 33 heavy (non-hydrogen) atoms. The summed E-state index contributed by atoms with van der Waals surface area (Å²) in [5, 5.41) is 12.7. The summed E-state index contributed by atoms with van der Waals surface area (Å²) >= 11 is 5.92. The van der Waals surface area contributed by atoms with Crippen LogP contribution < -0.4 is 15.5 Å². The first-order valence-electron chi connectivity index (χ1n) is 9.54. The van der Waals surface area contributed by atoms with Gasteiger partial charge in [0.05, 0.1) is 28.2 Å². The maximum Gasteiger partial charge on any atom is 0.416 e. The molecule has 2 rings (SSSR count). The Hall–Kier alpha value is -2.75. The van der Waals surface area contributed by atoms with Crippen molar-refractivity contribution < 1.29 is 41.8 Å². The van der Waals surface area contributed by atoms with Crippen molar-refractivity contribution in [2.45, 2.75) is 26.9 Å². The van der Waals surface area contributed by atoms with Crippen LogP contribution in [0.25, 0.3) is 0 Å². The van der Waals surface area contributed by atoms with Gasteiger partial charge in [-0.05, 0) is 50.2 Å². The van der Waals surface area contributed by atoms with Crippen LogP contribution >= 0.6 is 19.0 Å². The summed E-state index contributed by atoms with van der Waals surface area (Å²) in [5.74, 6) is -0.785. The summed E-state index contributed by atoms with van der Waals surface area (Å²) in [5.41, 5.74) is 0.785. The molecule has 8 nitrogen and oxygen atoms in total. The van der Waals surface area contributed by atoms with Gasteiger partial charge in [-0.1, -0.05) is 23.7 Å². The summed E-state index contributed by atoms with van der Waals surface area (Å²) < 4.78 is 67.5. The van der Waals surface area contributed by atoms with Crippen molar-refractivity contribution in [2.24, 2.45) is 5.16 Å². The summed E-state index contributed by atoms with van der Waals surface area (Å²) in [7, 11) is -3.77. The van der Waals surface area contributed by atoms with E-state index in [0.29, 0.717) is 6.07 Å². The van der Waals surface area contributed by atoms with E-state index in [0.717, 1.165) is 12.1 Å². The maximum absolute atomic E-state index is 13.4. The van der Waals surface area contributed by atoms with Crippen LogP contribution in [0.15, 0.2) is 41.6 Å². The molecule has 1 atom stereocenters. The average Bonchev–Trinajstić information content (AvgIpc) is 2.78. The van der Waals surface area contributed by atoms with Crippen LogP contribution in [0.5, 0.6) is 11.5 Å². The van der Waals surface area contributed by atoms with E-state index in [-0.39, 0.29) is 46.0 Å².